The highest BCUT2D eigenvalue weighted by atomic mass is 35.5. The monoisotopic (exact) mass is 245 g/mol. The van der Waals surface area contributed by atoms with Crippen LogP contribution in [0.2, 0.25) is 5.02 Å². The first kappa shape index (κ1) is 12.3. The lowest BCUT2D eigenvalue weighted by molar-refractivity contribution is 0.249. The van der Waals surface area contributed by atoms with Gasteiger partial charge < -0.3 is 21.1 Å². The largest absolute Gasteiger partial charge is 0.467 e. The Bertz CT molecular complexity index is 373. The average Bonchev–Trinajstić information content (AvgIpc) is 2.26. The topological polar surface area (TPSA) is 102 Å². The van der Waals surface area contributed by atoms with E-state index in [0.717, 1.165) is 0 Å². The van der Waals surface area contributed by atoms with Crippen molar-refractivity contribution in [1.82, 2.24) is 15.3 Å². The average molecular weight is 246 g/mol. The number of halogens is 1. The molecule has 7 nitrogen and oxygen atoms in total. The number of carbonyl (C=O) groups is 1. The minimum atomic E-state index is -0.576. The number of hydrogen-bond donors (Lipinski definition) is 3. The standard InChI is InChI=1S/C8H12ClN5O2/c1-16-8-13-4-5(9)6(14-8)11-2-3-12-7(10)15/h4H,2-3H2,1H3,(H3,10,12,15)(H,11,13,14). The minimum Gasteiger partial charge on any atom is -0.467 e. The number of anilines is 1. The summed E-state index contributed by atoms with van der Waals surface area (Å²) in [5, 5.41) is 5.71. The highest BCUT2D eigenvalue weighted by molar-refractivity contribution is 6.32. The van der Waals surface area contributed by atoms with Gasteiger partial charge in [-0.25, -0.2) is 9.78 Å². The number of primary amides is 1. The highest BCUT2D eigenvalue weighted by Crippen LogP contribution is 2.19. The maximum atomic E-state index is 10.4. The van der Waals surface area contributed by atoms with Crippen molar-refractivity contribution in [2.75, 3.05) is 25.5 Å². The molecule has 0 saturated heterocycles. The van der Waals surface area contributed by atoms with E-state index in [4.69, 9.17) is 22.1 Å². The van der Waals surface area contributed by atoms with Crippen molar-refractivity contribution in [3.05, 3.63) is 11.2 Å². The fraction of sp³-hybridized carbons (Fsp3) is 0.375. The molecule has 2 amide bonds. The molecule has 4 N–H and O–H groups in total. The molecular formula is C8H12ClN5O2. The third kappa shape index (κ3) is 3.77. The van der Waals surface area contributed by atoms with E-state index in [9.17, 15) is 4.79 Å². The van der Waals surface area contributed by atoms with Crippen molar-refractivity contribution in [3.8, 4) is 6.01 Å². The van der Waals surface area contributed by atoms with Gasteiger partial charge in [0, 0.05) is 13.1 Å². The minimum absolute atomic E-state index is 0.217. The summed E-state index contributed by atoms with van der Waals surface area (Å²) in [6, 6.07) is -0.358. The Morgan fingerprint density at radius 3 is 3.00 bits per heavy atom. The summed E-state index contributed by atoms with van der Waals surface area (Å²) in [6.07, 6.45) is 1.43. The summed E-state index contributed by atoms with van der Waals surface area (Å²) in [5.41, 5.74) is 4.90. The molecule has 1 aromatic rings. The second-order valence-electron chi connectivity index (χ2n) is 2.77. The van der Waals surface area contributed by atoms with Crippen LogP contribution >= 0.6 is 11.6 Å². The molecule has 8 heteroatoms. The molecule has 0 bridgehead atoms. The predicted octanol–water partition coefficient (Wildman–Crippen LogP) is 0.219. The van der Waals surface area contributed by atoms with Crippen LogP contribution < -0.4 is 21.1 Å². The van der Waals surface area contributed by atoms with Gasteiger partial charge in [-0.2, -0.15) is 4.98 Å². The Hall–Kier alpha value is -1.76. The van der Waals surface area contributed by atoms with Crippen LogP contribution in [0.4, 0.5) is 10.6 Å². The Morgan fingerprint density at radius 1 is 1.62 bits per heavy atom. The first-order valence-electron chi connectivity index (χ1n) is 4.47. The summed E-state index contributed by atoms with van der Waals surface area (Å²) in [5.74, 6) is 0.444. The van der Waals surface area contributed by atoms with Gasteiger partial charge in [-0.1, -0.05) is 11.6 Å². The lowest BCUT2D eigenvalue weighted by atomic mass is 10.5. The quantitative estimate of drug-likeness (QED) is 0.644. The van der Waals surface area contributed by atoms with Crippen molar-refractivity contribution in [1.29, 1.82) is 0 Å². The second-order valence-corrected chi connectivity index (χ2v) is 3.18. The van der Waals surface area contributed by atoms with E-state index in [1.165, 1.54) is 13.3 Å². The number of urea groups is 1. The molecule has 1 aromatic heterocycles. The van der Waals surface area contributed by atoms with Gasteiger partial charge in [0.1, 0.15) is 5.02 Å². The van der Waals surface area contributed by atoms with Crippen molar-refractivity contribution in [3.63, 3.8) is 0 Å². The maximum Gasteiger partial charge on any atom is 0.318 e. The number of ether oxygens (including phenoxy) is 1. The van der Waals surface area contributed by atoms with Crippen LogP contribution in [0.25, 0.3) is 0 Å². The van der Waals surface area contributed by atoms with Crippen LogP contribution in [-0.4, -0.2) is 36.2 Å². The summed E-state index contributed by atoms with van der Waals surface area (Å²) in [7, 11) is 1.46. The lowest BCUT2D eigenvalue weighted by Gasteiger charge is -2.08. The van der Waals surface area contributed by atoms with Crippen LogP contribution in [0.3, 0.4) is 0 Å². The molecule has 1 rings (SSSR count). The van der Waals surface area contributed by atoms with Crippen molar-refractivity contribution >= 4 is 23.4 Å². The van der Waals surface area contributed by atoms with Gasteiger partial charge in [0.15, 0.2) is 5.82 Å². The number of carbonyl (C=O) groups excluding carboxylic acids is 1. The molecule has 16 heavy (non-hydrogen) atoms. The number of hydrogen-bond acceptors (Lipinski definition) is 5. The van der Waals surface area contributed by atoms with Gasteiger partial charge in [0.25, 0.3) is 0 Å². The molecule has 0 aliphatic heterocycles. The Morgan fingerprint density at radius 2 is 2.38 bits per heavy atom. The van der Waals surface area contributed by atoms with Crippen LogP contribution in [0.5, 0.6) is 6.01 Å². The fourth-order valence-corrected chi connectivity index (χ4v) is 1.10. The molecule has 0 unspecified atom stereocenters. The summed E-state index contributed by atoms with van der Waals surface area (Å²) >= 11 is 5.84. The Labute approximate surface area is 97.3 Å². The van der Waals surface area contributed by atoms with Crippen LogP contribution in [0.1, 0.15) is 0 Å². The highest BCUT2D eigenvalue weighted by Gasteiger charge is 2.04. The van der Waals surface area contributed by atoms with Crippen LogP contribution in [-0.2, 0) is 0 Å². The number of amides is 2. The van der Waals surface area contributed by atoms with Crippen LogP contribution in [0.15, 0.2) is 6.20 Å². The Kier molecular flexibility index (Phi) is 4.59. The Balaban J connectivity index is 2.49. The number of nitrogens with one attached hydrogen (secondary N) is 2. The predicted molar refractivity (Wildman–Crippen MR) is 59.7 cm³/mol. The lowest BCUT2D eigenvalue weighted by Crippen LogP contribution is -2.33. The number of nitrogens with two attached hydrogens (primary N) is 1. The van der Waals surface area contributed by atoms with Gasteiger partial charge in [0.05, 0.1) is 13.3 Å². The molecule has 0 fully saturated rings. The third-order valence-corrected chi connectivity index (χ3v) is 1.90. The van der Waals surface area contributed by atoms with Gasteiger partial charge >= 0.3 is 12.0 Å². The van der Waals surface area contributed by atoms with E-state index < -0.39 is 6.03 Å². The maximum absolute atomic E-state index is 10.4. The van der Waals surface area contributed by atoms with Crippen LogP contribution in [0, 0.1) is 0 Å². The van der Waals surface area contributed by atoms with E-state index in [-0.39, 0.29) is 6.01 Å². The first-order chi connectivity index (χ1) is 7.63. The molecule has 0 aliphatic carbocycles. The zero-order valence-electron chi connectivity index (χ0n) is 8.66. The zero-order chi connectivity index (χ0) is 12.0. The molecule has 0 radical (unpaired) electrons. The number of aromatic nitrogens is 2. The third-order valence-electron chi connectivity index (χ3n) is 1.62. The van der Waals surface area contributed by atoms with Crippen molar-refractivity contribution in [2.45, 2.75) is 0 Å². The zero-order valence-corrected chi connectivity index (χ0v) is 9.41. The molecule has 88 valence electrons. The number of methoxy groups -OCH3 is 1. The molecule has 0 aliphatic rings. The fourth-order valence-electron chi connectivity index (χ4n) is 0.940. The summed E-state index contributed by atoms with van der Waals surface area (Å²) in [6.45, 7) is 0.820. The normalized spacial score (nSPS) is 9.62. The van der Waals surface area contributed by atoms with E-state index in [1.54, 1.807) is 0 Å². The smallest absolute Gasteiger partial charge is 0.318 e. The van der Waals surface area contributed by atoms with Gasteiger partial charge in [-0.3, -0.25) is 0 Å². The van der Waals surface area contributed by atoms with Gasteiger partial charge in [-0.15, -0.1) is 0 Å². The van der Waals surface area contributed by atoms with Gasteiger partial charge in [-0.05, 0) is 0 Å². The summed E-state index contributed by atoms with van der Waals surface area (Å²) < 4.78 is 4.84. The van der Waals surface area contributed by atoms with E-state index in [2.05, 4.69) is 20.6 Å². The molecule has 0 saturated carbocycles. The SMILES string of the molecule is COc1ncc(Cl)c(NCCNC(N)=O)n1. The molecule has 0 spiro atoms. The van der Waals surface area contributed by atoms with Gasteiger partial charge in [0.2, 0.25) is 0 Å². The van der Waals surface area contributed by atoms with E-state index in [1.807, 2.05) is 0 Å². The van der Waals surface area contributed by atoms with E-state index in [0.29, 0.717) is 23.9 Å². The molecule has 0 aromatic carbocycles. The summed E-state index contributed by atoms with van der Waals surface area (Å²) in [4.78, 5) is 18.2. The molecular weight excluding hydrogens is 234 g/mol. The molecule has 1 heterocycles. The first-order valence-corrected chi connectivity index (χ1v) is 4.85. The number of nitrogens with zero attached hydrogens (tertiary/aromatic N) is 2. The van der Waals surface area contributed by atoms with Crippen molar-refractivity contribution < 1.29 is 9.53 Å². The second kappa shape index (κ2) is 5.96. The molecule has 0 atom stereocenters. The van der Waals surface area contributed by atoms with Crippen molar-refractivity contribution in [2.24, 2.45) is 5.73 Å². The van der Waals surface area contributed by atoms with E-state index >= 15 is 0 Å². The number of rotatable bonds is 5.